The monoisotopic (exact) mass is 529 g/mol. The summed E-state index contributed by atoms with van der Waals surface area (Å²) in [6.45, 7) is 0.792. The average molecular weight is 530 g/mol. The fraction of sp³-hybridized carbons (Fsp3) is 0.567. The molecule has 9 heteroatoms. The van der Waals surface area contributed by atoms with Crippen LogP contribution in [0.1, 0.15) is 120 Å². The Hall–Kier alpha value is -3.49. The molecule has 5 aliphatic rings. The topological polar surface area (TPSA) is 113 Å². The largest absolute Gasteiger partial charge is 0.385 e. The molecule has 204 valence electrons. The first-order chi connectivity index (χ1) is 19.0. The number of nitrogens with one attached hydrogen (secondary N) is 2. The maximum Gasteiger partial charge on any atom is 0.262 e. The second-order valence-electron chi connectivity index (χ2n) is 12.1. The van der Waals surface area contributed by atoms with E-state index in [0.29, 0.717) is 34.9 Å². The van der Waals surface area contributed by atoms with Crippen LogP contribution in [0.25, 0.3) is 0 Å². The van der Waals surface area contributed by atoms with Crippen LogP contribution in [-0.4, -0.2) is 50.9 Å². The fourth-order valence-electron chi connectivity index (χ4n) is 6.94. The Balaban J connectivity index is 0.970. The smallest absolute Gasteiger partial charge is 0.262 e. The van der Waals surface area contributed by atoms with Crippen LogP contribution < -0.4 is 10.6 Å². The molecule has 3 heterocycles. The minimum Gasteiger partial charge on any atom is -0.385 e. The van der Waals surface area contributed by atoms with Gasteiger partial charge in [-0.15, -0.1) is 0 Å². The van der Waals surface area contributed by atoms with Crippen molar-refractivity contribution in [2.45, 2.75) is 94.5 Å². The molecule has 3 saturated carbocycles. The van der Waals surface area contributed by atoms with Gasteiger partial charge in [0.05, 0.1) is 22.9 Å². The summed E-state index contributed by atoms with van der Waals surface area (Å²) in [5.74, 6) is -0.0237. The van der Waals surface area contributed by atoms with E-state index in [4.69, 9.17) is 5.10 Å². The summed E-state index contributed by atoms with van der Waals surface area (Å²) in [4.78, 5) is 50.8. The van der Waals surface area contributed by atoms with Crippen LogP contribution in [0.3, 0.4) is 0 Å². The summed E-state index contributed by atoms with van der Waals surface area (Å²) >= 11 is 0. The van der Waals surface area contributed by atoms with E-state index in [0.717, 1.165) is 30.0 Å². The molecule has 1 unspecified atom stereocenters. The van der Waals surface area contributed by atoms with Gasteiger partial charge in [0, 0.05) is 30.8 Å². The number of imide groups is 2. The zero-order chi connectivity index (χ0) is 26.7. The Kier molecular flexibility index (Phi) is 6.05. The van der Waals surface area contributed by atoms with Gasteiger partial charge in [-0.2, -0.15) is 5.10 Å². The quantitative estimate of drug-likeness (QED) is 0.518. The maximum absolute atomic E-state index is 13.1. The summed E-state index contributed by atoms with van der Waals surface area (Å²) in [7, 11) is 0. The van der Waals surface area contributed by atoms with Gasteiger partial charge in [-0.05, 0) is 80.5 Å². The van der Waals surface area contributed by atoms with Gasteiger partial charge in [-0.3, -0.25) is 34.1 Å². The summed E-state index contributed by atoms with van der Waals surface area (Å²) in [6, 6.07) is 4.69. The van der Waals surface area contributed by atoms with Crippen molar-refractivity contribution in [2.75, 3.05) is 11.9 Å². The number of carbonyl (C=O) groups excluding carboxylic acids is 4. The normalized spacial score (nSPS) is 27.4. The average Bonchev–Trinajstić information content (AvgIpc) is 3.62. The third-order valence-electron chi connectivity index (χ3n) is 9.42. The second-order valence-corrected chi connectivity index (χ2v) is 12.1. The highest BCUT2D eigenvalue weighted by molar-refractivity contribution is 6.23. The highest BCUT2D eigenvalue weighted by Gasteiger charge is 2.44. The van der Waals surface area contributed by atoms with Gasteiger partial charge in [0.2, 0.25) is 11.8 Å². The molecule has 1 aromatic heterocycles. The van der Waals surface area contributed by atoms with E-state index >= 15 is 0 Å². The number of aromatic nitrogens is 2. The molecular weight excluding hydrogens is 494 g/mol. The number of hydrogen-bond donors (Lipinski definition) is 2. The number of piperidine rings is 1. The number of carbonyl (C=O) groups is 4. The van der Waals surface area contributed by atoms with Crippen molar-refractivity contribution in [3.63, 3.8) is 0 Å². The van der Waals surface area contributed by atoms with Crippen molar-refractivity contribution in [2.24, 2.45) is 5.92 Å². The number of benzene rings is 1. The number of nitrogens with zero attached hydrogens (tertiary/aromatic N) is 3. The predicted octanol–water partition coefficient (Wildman–Crippen LogP) is 4.27. The van der Waals surface area contributed by atoms with Crippen LogP contribution in [0.4, 0.5) is 5.69 Å². The molecule has 2 N–H and O–H groups in total. The Labute approximate surface area is 227 Å². The first kappa shape index (κ1) is 24.5. The molecule has 2 aromatic rings. The molecule has 2 aliphatic heterocycles. The molecule has 0 bridgehead atoms. The molecule has 1 saturated heterocycles. The van der Waals surface area contributed by atoms with Crippen LogP contribution in [0, 0.1) is 5.92 Å². The predicted molar refractivity (Wildman–Crippen MR) is 143 cm³/mol. The van der Waals surface area contributed by atoms with Crippen molar-refractivity contribution >= 4 is 29.3 Å². The first-order valence-electron chi connectivity index (χ1n) is 14.6. The number of fused-ring (bicyclic) bond motifs is 1. The van der Waals surface area contributed by atoms with Crippen LogP contribution >= 0.6 is 0 Å². The Morgan fingerprint density at radius 2 is 1.67 bits per heavy atom. The number of anilines is 1. The van der Waals surface area contributed by atoms with Crippen molar-refractivity contribution in [1.29, 1.82) is 0 Å². The Morgan fingerprint density at radius 1 is 0.897 bits per heavy atom. The third kappa shape index (κ3) is 4.45. The van der Waals surface area contributed by atoms with Crippen molar-refractivity contribution in [3.05, 3.63) is 46.8 Å². The minimum atomic E-state index is -0.945. The molecule has 3 aliphatic carbocycles. The lowest BCUT2D eigenvalue weighted by molar-refractivity contribution is -0.136. The van der Waals surface area contributed by atoms with E-state index in [1.165, 1.54) is 56.2 Å². The van der Waals surface area contributed by atoms with Gasteiger partial charge in [0.25, 0.3) is 11.8 Å². The zero-order valence-corrected chi connectivity index (χ0v) is 22.2. The zero-order valence-electron chi connectivity index (χ0n) is 22.2. The fourth-order valence-corrected chi connectivity index (χ4v) is 6.94. The summed E-state index contributed by atoms with van der Waals surface area (Å²) in [5, 5.41) is 10.8. The third-order valence-corrected chi connectivity index (χ3v) is 9.42. The number of hydrogen-bond acceptors (Lipinski definition) is 6. The number of rotatable bonds is 7. The lowest BCUT2D eigenvalue weighted by Crippen LogP contribution is -2.54. The van der Waals surface area contributed by atoms with Crippen LogP contribution in [0.2, 0.25) is 0 Å². The van der Waals surface area contributed by atoms with Gasteiger partial charge >= 0.3 is 0 Å². The van der Waals surface area contributed by atoms with E-state index in [1.807, 2.05) is 6.07 Å². The molecule has 4 fully saturated rings. The second kappa shape index (κ2) is 9.61. The van der Waals surface area contributed by atoms with Crippen molar-refractivity contribution in [1.82, 2.24) is 20.0 Å². The SMILES string of the molecule is O=C1CCC(N2C(=O)c3ccc(NC[C@H]4C[C@H](n5cc(C6CCCCC6)c(C6CC6)n5)C4)cc3C2=O)C(=O)N1. The molecular formula is C30H35N5O4. The molecule has 39 heavy (non-hydrogen) atoms. The van der Waals surface area contributed by atoms with Gasteiger partial charge in [0.15, 0.2) is 0 Å². The highest BCUT2D eigenvalue weighted by atomic mass is 16.2. The number of amides is 4. The molecule has 9 nitrogen and oxygen atoms in total. The minimum absolute atomic E-state index is 0.112. The van der Waals surface area contributed by atoms with Crippen LogP contribution in [-0.2, 0) is 9.59 Å². The molecule has 4 amide bonds. The molecule has 7 rings (SSSR count). The van der Waals surface area contributed by atoms with Gasteiger partial charge in [0.1, 0.15) is 6.04 Å². The lowest BCUT2D eigenvalue weighted by Gasteiger charge is -2.35. The summed E-state index contributed by atoms with van der Waals surface area (Å²) in [6.07, 6.45) is 14.0. The van der Waals surface area contributed by atoms with Crippen LogP contribution in [0.15, 0.2) is 24.4 Å². The van der Waals surface area contributed by atoms with E-state index < -0.39 is 23.8 Å². The summed E-state index contributed by atoms with van der Waals surface area (Å²) < 4.78 is 2.26. The molecule has 1 atom stereocenters. The van der Waals surface area contributed by atoms with E-state index in [9.17, 15) is 19.2 Å². The molecule has 1 aromatic carbocycles. The Bertz CT molecular complexity index is 1350. The van der Waals surface area contributed by atoms with E-state index in [1.54, 1.807) is 12.1 Å². The van der Waals surface area contributed by atoms with Crippen molar-refractivity contribution in [3.8, 4) is 0 Å². The van der Waals surface area contributed by atoms with Crippen molar-refractivity contribution < 1.29 is 19.2 Å². The molecule has 0 spiro atoms. The lowest BCUT2D eigenvalue weighted by atomic mass is 9.80. The van der Waals surface area contributed by atoms with Gasteiger partial charge in [-0.25, -0.2) is 0 Å². The standard InChI is InChI=1S/C30H35N5O4/c36-26-11-10-25(28(37)32-26)35-29(38)22-9-8-20(14-23(22)30(35)39)31-15-17-12-21(13-17)34-16-24(18-4-2-1-3-5-18)27(33-34)19-6-7-19/h8-9,14,16-19,21,25,31H,1-7,10-13,15H2,(H,32,36,37)/t17-,21-,25?. The Morgan fingerprint density at radius 3 is 2.41 bits per heavy atom. The van der Waals surface area contributed by atoms with Gasteiger partial charge in [-0.1, -0.05) is 19.3 Å². The van der Waals surface area contributed by atoms with Gasteiger partial charge < -0.3 is 5.32 Å². The first-order valence-corrected chi connectivity index (χ1v) is 14.6. The highest BCUT2D eigenvalue weighted by Crippen LogP contribution is 2.47. The van der Waals surface area contributed by atoms with E-state index in [2.05, 4.69) is 21.5 Å². The maximum atomic E-state index is 13.1. The van der Waals surface area contributed by atoms with E-state index in [-0.39, 0.29) is 18.7 Å². The summed E-state index contributed by atoms with van der Waals surface area (Å²) in [5.41, 5.74) is 4.31. The van der Waals surface area contributed by atoms with Crippen LogP contribution in [0.5, 0.6) is 0 Å². The molecule has 0 radical (unpaired) electrons.